The highest BCUT2D eigenvalue weighted by Gasteiger charge is 2.20. The van der Waals surface area contributed by atoms with E-state index in [4.69, 9.17) is 0 Å². The molecular formula is C12H11F2N3O2. The van der Waals surface area contributed by atoms with Crippen LogP contribution in [0.5, 0.6) is 0 Å². The molecule has 0 saturated heterocycles. The molecule has 0 unspecified atom stereocenters. The van der Waals surface area contributed by atoms with E-state index in [1.54, 1.807) is 13.0 Å². The molecule has 0 saturated carbocycles. The lowest BCUT2D eigenvalue weighted by Gasteiger charge is -2.03. The van der Waals surface area contributed by atoms with Crippen molar-refractivity contribution in [1.29, 1.82) is 0 Å². The van der Waals surface area contributed by atoms with E-state index < -0.39 is 11.3 Å². The van der Waals surface area contributed by atoms with Crippen molar-refractivity contribution in [3.05, 3.63) is 45.6 Å². The smallest absolute Gasteiger partial charge is 0.272 e. The molecule has 0 bridgehead atoms. The van der Waals surface area contributed by atoms with Crippen molar-refractivity contribution in [2.45, 2.75) is 13.3 Å². The Balaban J connectivity index is 2.59. The first kappa shape index (κ1) is 13.1. The van der Waals surface area contributed by atoms with Gasteiger partial charge in [-0.3, -0.25) is 14.8 Å². The van der Waals surface area contributed by atoms with Crippen LogP contribution in [0.15, 0.2) is 24.4 Å². The standard InChI is InChI=1S/C12H11F2N3O2/c1-7-3-4-8(5-10(7)17(18)19)11-9(12(13)14)6-16(2)15-11/h3-6,12H,1-2H3. The van der Waals surface area contributed by atoms with Gasteiger partial charge < -0.3 is 0 Å². The first-order valence-electron chi connectivity index (χ1n) is 5.47. The summed E-state index contributed by atoms with van der Waals surface area (Å²) in [5, 5.41) is 14.8. The molecule has 0 amide bonds. The van der Waals surface area contributed by atoms with Gasteiger partial charge in [-0.25, -0.2) is 8.78 Å². The van der Waals surface area contributed by atoms with Gasteiger partial charge in [0.15, 0.2) is 0 Å². The molecule has 0 aliphatic heterocycles. The maximum absolute atomic E-state index is 12.9. The van der Waals surface area contributed by atoms with Gasteiger partial charge in [0.25, 0.3) is 12.1 Å². The van der Waals surface area contributed by atoms with Gasteiger partial charge in [-0.15, -0.1) is 0 Å². The summed E-state index contributed by atoms with van der Waals surface area (Å²) in [5.74, 6) is 0. The topological polar surface area (TPSA) is 61.0 Å². The number of hydrogen-bond donors (Lipinski definition) is 0. The maximum atomic E-state index is 12.9. The van der Waals surface area contributed by atoms with E-state index in [1.807, 2.05) is 0 Å². The van der Waals surface area contributed by atoms with Crippen LogP contribution in [0.4, 0.5) is 14.5 Å². The van der Waals surface area contributed by atoms with E-state index in [9.17, 15) is 18.9 Å². The SMILES string of the molecule is Cc1ccc(-c2nn(C)cc2C(F)F)cc1[N+](=O)[O-]. The first-order valence-corrected chi connectivity index (χ1v) is 5.47. The summed E-state index contributed by atoms with van der Waals surface area (Å²) in [6.07, 6.45) is -1.46. The number of nitrogens with zero attached hydrogens (tertiary/aromatic N) is 3. The van der Waals surface area contributed by atoms with E-state index in [0.717, 1.165) is 0 Å². The van der Waals surface area contributed by atoms with Gasteiger partial charge in [-0.05, 0) is 6.92 Å². The highest BCUT2D eigenvalue weighted by molar-refractivity contribution is 5.67. The van der Waals surface area contributed by atoms with Crippen LogP contribution in [0, 0.1) is 17.0 Å². The molecule has 0 N–H and O–H groups in total. The van der Waals surface area contributed by atoms with Gasteiger partial charge in [-0.2, -0.15) is 5.10 Å². The number of hydrogen-bond acceptors (Lipinski definition) is 3. The predicted molar refractivity (Wildman–Crippen MR) is 65.0 cm³/mol. The third-order valence-corrected chi connectivity index (χ3v) is 2.77. The van der Waals surface area contributed by atoms with Crippen molar-refractivity contribution in [3.63, 3.8) is 0 Å². The van der Waals surface area contributed by atoms with Crippen LogP contribution in [-0.4, -0.2) is 14.7 Å². The summed E-state index contributed by atoms with van der Waals surface area (Å²) < 4.78 is 27.0. The minimum Gasteiger partial charge on any atom is -0.275 e. The van der Waals surface area contributed by atoms with Crippen molar-refractivity contribution in [2.24, 2.45) is 7.05 Å². The second-order valence-electron chi connectivity index (χ2n) is 4.17. The number of nitro benzene ring substituents is 1. The van der Waals surface area contributed by atoms with Crippen molar-refractivity contribution in [1.82, 2.24) is 9.78 Å². The van der Waals surface area contributed by atoms with Gasteiger partial charge in [0.2, 0.25) is 0 Å². The Kier molecular flexibility index (Phi) is 3.28. The number of halogens is 2. The summed E-state index contributed by atoms with van der Waals surface area (Å²) in [6, 6.07) is 4.34. The number of aromatic nitrogens is 2. The fraction of sp³-hybridized carbons (Fsp3) is 0.250. The molecule has 0 aliphatic rings. The third kappa shape index (κ3) is 2.44. The van der Waals surface area contributed by atoms with Gasteiger partial charge in [0.1, 0.15) is 5.69 Å². The molecule has 2 rings (SSSR count). The zero-order valence-corrected chi connectivity index (χ0v) is 10.3. The third-order valence-electron chi connectivity index (χ3n) is 2.77. The molecule has 7 heteroatoms. The van der Waals surface area contributed by atoms with E-state index in [-0.39, 0.29) is 16.9 Å². The minimum atomic E-state index is -2.68. The fourth-order valence-electron chi connectivity index (χ4n) is 1.84. The normalized spacial score (nSPS) is 11.0. The zero-order valence-electron chi connectivity index (χ0n) is 10.3. The van der Waals surface area contributed by atoms with Crippen LogP contribution in [0.2, 0.25) is 0 Å². The monoisotopic (exact) mass is 267 g/mol. The lowest BCUT2D eigenvalue weighted by Crippen LogP contribution is -1.94. The van der Waals surface area contributed by atoms with Gasteiger partial charge in [0.05, 0.1) is 10.5 Å². The van der Waals surface area contributed by atoms with Gasteiger partial charge in [-0.1, -0.05) is 12.1 Å². The largest absolute Gasteiger partial charge is 0.275 e. The molecule has 1 aromatic heterocycles. The van der Waals surface area contributed by atoms with E-state index >= 15 is 0 Å². The number of nitro groups is 1. The highest BCUT2D eigenvalue weighted by atomic mass is 19.3. The molecule has 5 nitrogen and oxygen atoms in total. The Morgan fingerprint density at radius 2 is 2.11 bits per heavy atom. The quantitative estimate of drug-likeness (QED) is 0.633. The number of aryl methyl sites for hydroxylation is 2. The molecule has 100 valence electrons. The second kappa shape index (κ2) is 4.75. The fourth-order valence-corrected chi connectivity index (χ4v) is 1.84. The summed E-state index contributed by atoms with van der Waals surface area (Å²) >= 11 is 0. The van der Waals surface area contributed by atoms with Gasteiger partial charge >= 0.3 is 0 Å². The highest BCUT2D eigenvalue weighted by Crippen LogP contribution is 2.32. The number of benzene rings is 1. The molecule has 0 spiro atoms. The average Bonchev–Trinajstić information content (AvgIpc) is 2.71. The van der Waals surface area contributed by atoms with Crippen molar-refractivity contribution < 1.29 is 13.7 Å². The summed E-state index contributed by atoms with van der Waals surface area (Å²) in [4.78, 5) is 10.3. The molecule has 0 atom stereocenters. The lowest BCUT2D eigenvalue weighted by atomic mass is 10.1. The summed E-state index contributed by atoms with van der Waals surface area (Å²) in [7, 11) is 1.53. The summed E-state index contributed by atoms with van der Waals surface area (Å²) in [5.41, 5.74) is 0.515. The average molecular weight is 267 g/mol. The van der Waals surface area contributed by atoms with E-state index in [0.29, 0.717) is 11.1 Å². The second-order valence-corrected chi connectivity index (χ2v) is 4.17. The van der Waals surface area contributed by atoms with Gasteiger partial charge in [0, 0.05) is 30.4 Å². The number of alkyl halides is 2. The van der Waals surface area contributed by atoms with Crippen molar-refractivity contribution >= 4 is 5.69 Å². The Bertz CT molecular complexity index is 638. The van der Waals surface area contributed by atoms with Crippen LogP contribution >= 0.6 is 0 Å². The Hall–Kier alpha value is -2.31. The molecule has 0 fully saturated rings. The van der Waals surface area contributed by atoms with Crippen LogP contribution in [0.25, 0.3) is 11.3 Å². The van der Waals surface area contributed by atoms with E-state index in [2.05, 4.69) is 5.10 Å². The molecule has 1 heterocycles. The Morgan fingerprint density at radius 3 is 2.68 bits per heavy atom. The Morgan fingerprint density at radius 1 is 1.42 bits per heavy atom. The maximum Gasteiger partial charge on any atom is 0.272 e. The molecule has 0 aliphatic carbocycles. The summed E-state index contributed by atoms with van der Waals surface area (Å²) in [6.45, 7) is 1.59. The van der Waals surface area contributed by atoms with Crippen LogP contribution in [0.1, 0.15) is 17.6 Å². The van der Waals surface area contributed by atoms with E-state index in [1.165, 1.54) is 30.1 Å². The first-order chi connectivity index (χ1) is 8.90. The van der Waals surface area contributed by atoms with Crippen LogP contribution in [-0.2, 0) is 7.05 Å². The molecule has 2 aromatic rings. The van der Waals surface area contributed by atoms with Crippen molar-refractivity contribution in [2.75, 3.05) is 0 Å². The molecule has 0 radical (unpaired) electrons. The predicted octanol–water partition coefficient (Wildman–Crippen LogP) is 3.24. The zero-order chi connectivity index (χ0) is 14.2. The minimum absolute atomic E-state index is 0.0700. The molecular weight excluding hydrogens is 256 g/mol. The number of rotatable bonds is 3. The molecule has 1 aromatic carbocycles. The molecule has 19 heavy (non-hydrogen) atoms. The van der Waals surface area contributed by atoms with Crippen LogP contribution in [0.3, 0.4) is 0 Å². The van der Waals surface area contributed by atoms with Crippen LogP contribution < -0.4 is 0 Å². The van der Waals surface area contributed by atoms with Crippen molar-refractivity contribution in [3.8, 4) is 11.3 Å². The lowest BCUT2D eigenvalue weighted by molar-refractivity contribution is -0.385. The Labute approximate surface area is 107 Å².